The van der Waals surface area contributed by atoms with Gasteiger partial charge in [-0.3, -0.25) is 0 Å². The standard InChI is InChI=1S/C37H48F6O/c1-2-3-4-5-6-24-7-9-27(10-8-24)29-17-20-32(33(38)21-29)28-13-11-25(12-14-28)26-15-18-30(19-16-26)37(42,43)44-31-22-34(39)36(41)35(40)23-31/h17,20-28,30H,2-16,18-19H2,1H3. The maximum absolute atomic E-state index is 15.4. The molecule has 0 saturated heterocycles. The molecule has 3 saturated carbocycles. The lowest BCUT2D eigenvalue weighted by Gasteiger charge is -2.39. The average Bonchev–Trinajstić information content (AvgIpc) is 3.02. The van der Waals surface area contributed by atoms with Crippen LogP contribution in [0.5, 0.6) is 5.75 Å². The van der Waals surface area contributed by atoms with Gasteiger partial charge in [0.15, 0.2) is 17.5 Å². The molecule has 0 unspecified atom stereocenters. The van der Waals surface area contributed by atoms with E-state index >= 15 is 4.39 Å². The molecule has 3 aliphatic carbocycles. The lowest BCUT2D eigenvalue weighted by molar-refractivity contribution is -0.224. The Morgan fingerprint density at radius 3 is 1.84 bits per heavy atom. The molecule has 2 aromatic rings. The third-order valence-electron chi connectivity index (χ3n) is 11.1. The van der Waals surface area contributed by atoms with Crippen LogP contribution >= 0.6 is 0 Å². The average molecular weight is 623 g/mol. The van der Waals surface area contributed by atoms with Crippen molar-refractivity contribution in [1.82, 2.24) is 0 Å². The van der Waals surface area contributed by atoms with Crippen LogP contribution in [-0.4, -0.2) is 6.11 Å². The van der Waals surface area contributed by atoms with Gasteiger partial charge >= 0.3 is 6.11 Å². The van der Waals surface area contributed by atoms with E-state index in [2.05, 4.69) is 17.7 Å². The third-order valence-corrected chi connectivity index (χ3v) is 11.1. The molecule has 3 fully saturated rings. The Hall–Kier alpha value is -2.18. The quantitative estimate of drug-likeness (QED) is 0.138. The van der Waals surface area contributed by atoms with Crippen LogP contribution in [0.1, 0.15) is 139 Å². The molecular formula is C37H48F6O. The summed E-state index contributed by atoms with van der Waals surface area (Å²) < 4.78 is 89.9. The van der Waals surface area contributed by atoms with Crippen LogP contribution in [0.15, 0.2) is 30.3 Å². The van der Waals surface area contributed by atoms with Gasteiger partial charge in [0.05, 0.1) is 5.92 Å². The molecule has 0 atom stereocenters. The summed E-state index contributed by atoms with van der Waals surface area (Å²) in [5.74, 6) is -4.43. The van der Waals surface area contributed by atoms with Gasteiger partial charge in [-0.2, -0.15) is 8.78 Å². The minimum absolute atomic E-state index is 0.0729. The fourth-order valence-electron chi connectivity index (χ4n) is 8.43. The Kier molecular flexibility index (Phi) is 11.3. The van der Waals surface area contributed by atoms with Crippen molar-refractivity contribution in [1.29, 1.82) is 0 Å². The van der Waals surface area contributed by atoms with Gasteiger partial charge in [-0.15, -0.1) is 0 Å². The first-order chi connectivity index (χ1) is 21.1. The van der Waals surface area contributed by atoms with Crippen LogP contribution in [0.2, 0.25) is 0 Å². The van der Waals surface area contributed by atoms with Crippen molar-refractivity contribution >= 4 is 0 Å². The number of alkyl halides is 2. The van der Waals surface area contributed by atoms with Crippen molar-refractivity contribution in [2.75, 3.05) is 0 Å². The molecule has 3 aliphatic rings. The van der Waals surface area contributed by atoms with E-state index in [9.17, 15) is 22.0 Å². The summed E-state index contributed by atoms with van der Waals surface area (Å²) in [5, 5.41) is 0. The van der Waals surface area contributed by atoms with Crippen LogP contribution in [0.3, 0.4) is 0 Å². The van der Waals surface area contributed by atoms with Gasteiger partial charge in [-0.25, -0.2) is 17.6 Å². The summed E-state index contributed by atoms with van der Waals surface area (Å²) >= 11 is 0. The smallest absolute Gasteiger partial charge is 0.400 e. The number of hydrogen-bond acceptors (Lipinski definition) is 1. The third kappa shape index (κ3) is 8.15. The SMILES string of the molecule is CCCCCCC1CCC(c2ccc(C3CCC(C4CCC(C(F)(F)Oc5cc(F)c(F)c(F)c5)CC4)CC3)c(F)c2)CC1. The lowest BCUT2D eigenvalue weighted by Crippen LogP contribution is -2.38. The van der Waals surface area contributed by atoms with Crippen molar-refractivity contribution in [3.05, 3.63) is 64.7 Å². The van der Waals surface area contributed by atoms with Crippen molar-refractivity contribution in [2.45, 2.75) is 134 Å². The minimum Gasteiger partial charge on any atom is -0.432 e. The van der Waals surface area contributed by atoms with Gasteiger partial charge in [0.1, 0.15) is 11.6 Å². The number of halogens is 6. The highest BCUT2D eigenvalue weighted by Crippen LogP contribution is 2.47. The van der Waals surface area contributed by atoms with Crippen LogP contribution in [0, 0.1) is 46.9 Å². The van der Waals surface area contributed by atoms with Gasteiger partial charge in [0.2, 0.25) is 0 Å². The molecule has 5 rings (SSSR count). The second kappa shape index (κ2) is 14.9. The second-order valence-electron chi connectivity index (χ2n) is 13.9. The monoisotopic (exact) mass is 622 g/mol. The van der Waals surface area contributed by atoms with E-state index in [0.717, 1.165) is 55.6 Å². The molecule has 0 N–H and O–H groups in total. The first-order valence-corrected chi connectivity index (χ1v) is 17.1. The maximum Gasteiger partial charge on any atom is 0.400 e. The largest absolute Gasteiger partial charge is 0.432 e. The molecule has 0 radical (unpaired) electrons. The number of unbranched alkanes of at least 4 members (excludes halogenated alkanes) is 3. The van der Waals surface area contributed by atoms with Gasteiger partial charge < -0.3 is 4.74 Å². The van der Waals surface area contributed by atoms with Gasteiger partial charge in [-0.1, -0.05) is 51.2 Å². The fourth-order valence-corrected chi connectivity index (χ4v) is 8.43. The highest BCUT2D eigenvalue weighted by atomic mass is 19.3. The molecule has 0 heterocycles. The fraction of sp³-hybridized carbons (Fsp3) is 0.676. The highest BCUT2D eigenvalue weighted by molar-refractivity contribution is 5.30. The zero-order valence-electron chi connectivity index (χ0n) is 26.0. The highest BCUT2D eigenvalue weighted by Gasteiger charge is 2.45. The minimum atomic E-state index is -3.60. The Labute approximate surface area is 259 Å². The molecule has 1 nitrogen and oxygen atoms in total. The van der Waals surface area contributed by atoms with Crippen molar-refractivity contribution in [3.8, 4) is 5.75 Å². The summed E-state index contributed by atoms with van der Waals surface area (Å²) in [6.07, 6.45) is 13.4. The number of hydrogen-bond donors (Lipinski definition) is 0. The number of ether oxygens (including phenoxy) is 1. The molecule has 244 valence electrons. The summed E-state index contributed by atoms with van der Waals surface area (Å²) in [4.78, 5) is 0. The topological polar surface area (TPSA) is 9.23 Å². The number of rotatable bonds is 11. The van der Waals surface area contributed by atoms with E-state index in [0.29, 0.717) is 42.7 Å². The molecule has 0 spiro atoms. The zero-order valence-corrected chi connectivity index (χ0v) is 26.0. The van der Waals surface area contributed by atoms with E-state index in [-0.39, 0.29) is 24.6 Å². The van der Waals surface area contributed by atoms with E-state index in [1.807, 2.05) is 6.07 Å². The molecular weight excluding hydrogens is 574 g/mol. The molecule has 0 aliphatic heterocycles. The summed E-state index contributed by atoms with van der Waals surface area (Å²) in [6.45, 7) is 2.25. The zero-order chi connectivity index (χ0) is 31.3. The predicted molar refractivity (Wildman–Crippen MR) is 162 cm³/mol. The molecule has 0 bridgehead atoms. The van der Waals surface area contributed by atoms with Gasteiger partial charge in [-0.05, 0) is 124 Å². The van der Waals surface area contributed by atoms with Crippen molar-refractivity contribution in [2.24, 2.45) is 23.7 Å². The van der Waals surface area contributed by atoms with E-state index in [4.69, 9.17) is 0 Å². The molecule has 0 amide bonds. The van der Waals surface area contributed by atoms with Gasteiger partial charge in [0, 0.05) is 12.1 Å². The summed E-state index contributed by atoms with van der Waals surface area (Å²) in [6, 6.07) is 6.89. The van der Waals surface area contributed by atoms with Crippen LogP contribution < -0.4 is 4.74 Å². The first kappa shape index (κ1) is 33.2. The molecule has 2 aromatic carbocycles. The Balaban J connectivity index is 1.06. The lowest BCUT2D eigenvalue weighted by atomic mass is 9.68. The first-order valence-electron chi connectivity index (χ1n) is 17.1. The summed E-state index contributed by atoms with van der Waals surface area (Å²) in [7, 11) is 0. The van der Waals surface area contributed by atoms with Crippen molar-refractivity contribution in [3.63, 3.8) is 0 Å². The van der Waals surface area contributed by atoms with Crippen LogP contribution in [0.25, 0.3) is 0 Å². The Bertz CT molecular complexity index is 1180. The Morgan fingerprint density at radius 2 is 1.25 bits per heavy atom. The summed E-state index contributed by atoms with van der Waals surface area (Å²) in [5.41, 5.74) is 1.97. The molecule has 7 heteroatoms. The van der Waals surface area contributed by atoms with Crippen LogP contribution in [0.4, 0.5) is 26.3 Å². The second-order valence-corrected chi connectivity index (χ2v) is 13.9. The maximum atomic E-state index is 15.4. The van der Waals surface area contributed by atoms with E-state index in [1.54, 1.807) is 6.07 Å². The number of benzene rings is 2. The van der Waals surface area contributed by atoms with E-state index < -0.39 is 35.2 Å². The van der Waals surface area contributed by atoms with E-state index in [1.165, 1.54) is 44.9 Å². The molecule has 44 heavy (non-hydrogen) atoms. The van der Waals surface area contributed by atoms with Crippen molar-refractivity contribution < 1.29 is 31.1 Å². The van der Waals surface area contributed by atoms with Gasteiger partial charge in [0.25, 0.3) is 0 Å². The normalized spacial score (nSPS) is 28.2. The Morgan fingerprint density at radius 1 is 0.659 bits per heavy atom. The molecule has 0 aromatic heterocycles. The predicted octanol–water partition coefficient (Wildman–Crippen LogP) is 12.2. The van der Waals surface area contributed by atoms with Crippen LogP contribution in [-0.2, 0) is 0 Å².